The predicted molar refractivity (Wildman–Crippen MR) is 127 cm³/mol. The molecule has 0 radical (unpaired) electrons. The third kappa shape index (κ3) is 18.3. The first-order valence-electron chi connectivity index (χ1n) is 9.76. The summed E-state index contributed by atoms with van der Waals surface area (Å²) in [6.45, 7) is 8.85. The molecule has 2 atom stereocenters. The molecule has 0 amide bonds. The van der Waals surface area contributed by atoms with E-state index in [0.717, 1.165) is 11.5 Å². The summed E-state index contributed by atoms with van der Waals surface area (Å²) >= 11 is 3.43. The van der Waals surface area contributed by atoms with E-state index in [1.807, 2.05) is 36.4 Å². The van der Waals surface area contributed by atoms with Gasteiger partial charge in [-0.3, -0.25) is 0 Å². The summed E-state index contributed by atoms with van der Waals surface area (Å²) in [6, 6.07) is 18.6. The van der Waals surface area contributed by atoms with E-state index in [1.54, 1.807) is 14.2 Å². The van der Waals surface area contributed by atoms with E-state index < -0.39 is 0 Å². The maximum absolute atomic E-state index is 5.11. The Morgan fingerprint density at radius 1 is 0.828 bits per heavy atom. The molecule has 2 unspecified atom stereocenters. The van der Waals surface area contributed by atoms with E-state index in [0.29, 0.717) is 10.7 Å². The van der Waals surface area contributed by atoms with Gasteiger partial charge in [-0.2, -0.15) is 18.2 Å². The molecule has 0 bridgehead atoms. The molecule has 29 heavy (non-hydrogen) atoms. The van der Waals surface area contributed by atoms with Gasteiger partial charge in [0, 0.05) is 10.6 Å². The Bertz CT molecular complexity index is 563. The zero-order valence-electron chi connectivity index (χ0n) is 18.9. The molecule has 0 spiro atoms. The molecule has 0 heterocycles. The van der Waals surface area contributed by atoms with Gasteiger partial charge in [0.2, 0.25) is 0 Å². The molecule has 0 aliphatic heterocycles. The average molecular weight is 541 g/mol. The second kappa shape index (κ2) is 22.5. The standard InChI is InChI=1S/C12H18O.C7H7O.C5H11Br.BrH.Mg/c1-4-5-10(2)11-6-8-12(13-3)9-7-11;1-8-7-5-3-2-4-6-7;1-3-4-5(2)6;;/h6-10H,4-5H2,1-3H3;3-6H,1H3;5H,3-4H2,1-2H3;1H;/q;-1;;;+2/p-1. The van der Waals surface area contributed by atoms with Crippen molar-refractivity contribution in [3.63, 3.8) is 0 Å². The van der Waals surface area contributed by atoms with Crippen molar-refractivity contribution in [1.82, 2.24) is 0 Å². The van der Waals surface area contributed by atoms with Gasteiger partial charge in [0.15, 0.2) is 0 Å². The van der Waals surface area contributed by atoms with Crippen molar-refractivity contribution in [3.05, 3.63) is 60.2 Å². The fraction of sp³-hybridized carbons (Fsp3) is 0.500. The Kier molecular flexibility index (Phi) is 25.9. The molecule has 0 N–H and O–H groups in total. The van der Waals surface area contributed by atoms with Gasteiger partial charge < -0.3 is 26.5 Å². The topological polar surface area (TPSA) is 18.5 Å². The fourth-order valence-electron chi connectivity index (χ4n) is 2.44. The number of methoxy groups -OCH3 is 2. The Hall–Kier alpha value is -0.234. The van der Waals surface area contributed by atoms with Crippen LogP contribution in [0.25, 0.3) is 0 Å². The van der Waals surface area contributed by atoms with Crippen molar-refractivity contribution in [2.75, 3.05) is 14.2 Å². The summed E-state index contributed by atoms with van der Waals surface area (Å²) in [5, 5.41) is 0. The average Bonchev–Trinajstić information content (AvgIpc) is 2.70. The number of ether oxygens (including phenoxy) is 2. The minimum Gasteiger partial charge on any atom is -1.00 e. The molecule has 0 saturated carbocycles. The van der Waals surface area contributed by atoms with Crippen LogP contribution in [0.5, 0.6) is 11.5 Å². The van der Waals surface area contributed by atoms with Gasteiger partial charge in [0.1, 0.15) is 5.75 Å². The maximum Gasteiger partial charge on any atom is 2.00 e. The van der Waals surface area contributed by atoms with Gasteiger partial charge in [-0.25, -0.2) is 0 Å². The van der Waals surface area contributed by atoms with Gasteiger partial charge >= 0.3 is 23.1 Å². The molecule has 160 valence electrons. The molecule has 0 aromatic heterocycles. The quantitative estimate of drug-likeness (QED) is 0.297. The number of hydrogen-bond donors (Lipinski definition) is 0. The van der Waals surface area contributed by atoms with Crippen molar-refractivity contribution in [1.29, 1.82) is 0 Å². The van der Waals surface area contributed by atoms with Gasteiger partial charge in [0.25, 0.3) is 0 Å². The number of benzene rings is 2. The molecule has 5 heteroatoms. The van der Waals surface area contributed by atoms with Crippen LogP contribution in [0.2, 0.25) is 0 Å². The van der Waals surface area contributed by atoms with Crippen LogP contribution in [0.15, 0.2) is 48.5 Å². The van der Waals surface area contributed by atoms with E-state index in [2.05, 4.69) is 61.8 Å². The summed E-state index contributed by atoms with van der Waals surface area (Å²) in [6.07, 6.45) is 5.08. The van der Waals surface area contributed by atoms with Crippen LogP contribution in [0.1, 0.15) is 64.9 Å². The molecule has 2 rings (SSSR count). The monoisotopic (exact) mass is 538 g/mol. The van der Waals surface area contributed by atoms with Gasteiger partial charge in [0.05, 0.1) is 14.2 Å². The summed E-state index contributed by atoms with van der Waals surface area (Å²) < 4.78 is 10.0. The second-order valence-electron chi connectivity index (χ2n) is 6.47. The minimum absolute atomic E-state index is 0. The van der Waals surface area contributed by atoms with E-state index in [4.69, 9.17) is 9.47 Å². The molecular weight excluding hydrogens is 504 g/mol. The SMILES string of the molecule is CCCC(C)Br.CCCC(C)c1ccc(OC)cc1.COc1cc[c-]cc1.[Br-].[Mg+2]. The van der Waals surface area contributed by atoms with Gasteiger partial charge in [-0.05, 0) is 36.5 Å². The van der Waals surface area contributed by atoms with E-state index >= 15 is 0 Å². The third-order valence-corrected chi connectivity index (χ3v) is 4.47. The van der Waals surface area contributed by atoms with Crippen LogP contribution in [0.3, 0.4) is 0 Å². The van der Waals surface area contributed by atoms with Gasteiger partial charge in [-0.15, -0.1) is 12.1 Å². The van der Waals surface area contributed by atoms with Crippen LogP contribution in [-0.4, -0.2) is 42.1 Å². The van der Waals surface area contributed by atoms with Crippen LogP contribution >= 0.6 is 15.9 Å². The van der Waals surface area contributed by atoms with Crippen molar-refractivity contribution in [3.8, 4) is 11.5 Å². The Labute approximate surface area is 214 Å². The van der Waals surface area contributed by atoms with E-state index in [9.17, 15) is 0 Å². The van der Waals surface area contributed by atoms with Crippen LogP contribution < -0.4 is 26.5 Å². The second-order valence-corrected chi connectivity index (χ2v) is 8.04. The molecule has 0 saturated heterocycles. The first-order valence-corrected chi connectivity index (χ1v) is 10.7. The Balaban J connectivity index is -0.000000367. The van der Waals surface area contributed by atoms with Crippen LogP contribution in [-0.2, 0) is 0 Å². The Morgan fingerprint density at radius 2 is 1.28 bits per heavy atom. The molecular formula is C24H36Br2MgO2. The Morgan fingerprint density at radius 3 is 1.59 bits per heavy atom. The van der Waals surface area contributed by atoms with Crippen molar-refractivity contribution >= 4 is 39.0 Å². The van der Waals surface area contributed by atoms with E-state index in [1.165, 1.54) is 31.2 Å². The molecule has 2 aromatic rings. The summed E-state index contributed by atoms with van der Waals surface area (Å²) in [7, 11) is 3.35. The normalized spacial score (nSPS) is 11.0. The summed E-state index contributed by atoms with van der Waals surface area (Å²) in [5.74, 6) is 2.48. The van der Waals surface area contributed by atoms with Crippen LogP contribution in [0.4, 0.5) is 0 Å². The van der Waals surface area contributed by atoms with Gasteiger partial charge in [-0.1, -0.05) is 68.6 Å². The fourth-order valence-corrected chi connectivity index (χ4v) is 2.90. The maximum atomic E-state index is 5.11. The number of alkyl halides is 1. The molecule has 0 aliphatic carbocycles. The zero-order valence-corrected chi connectivity index (χ0v) is 23.5. The molecule has 0 aliphatic rings. The number of rotatable bonds is 7. The first-order chi connectivity index (χ1) is 13.0. The number of halogens is 2. The third-order valence-electron chi connectivity index (χ3n) is 4.02. The molecule has 0 fully saturated rings. The summed E-state index contributed by atoms with van der Waals surface area (Å²) in [4.78, 5) is 0.711. The van der Waals surface area contributed by atoms with E-state index in [-0.39, 0.29) is 40.0 Å². The summed E-state index contributed by atoms with van der Waals surface area (Å²) in [5.41, 5.74) is 1.41. The smallest absolute Gasteiger partial charge is 1.00 e. The first kappa shape index (κ1) is 33.4. The van der Waals surface area contributed by atoms with Crippen molar-refractivity contribution < 1.29 is 26.5 Å². The molecule has 2 aromatic carbocycles. The predicted octanol–water partition coefficient (Wildman–Crippen LogP) is 4.29. The van der Waals surface area contributed by atoms with Crippen LogP contribution in [0, 0.1) is 6.07 Å². The number of hydrogen-bond acceptors (Lipinski definition) is 2. The van der Waals surface area contributed by atoms with Crippen molar-refractivity contribution in [2.24, 2.45) is 0 Å². The molecule has 2 nitrogen and oxygen atoms in total. The minimum atomic E-state index is 0. The van der Waals surface area contributed by atoms with Crippen molar-refractivity contribution in [2.45, 2.75) is 64.1 Å². The zero-order chi connectivity index (χ0) is 20.5. The largest absolute Gasteiger partial charge is 2.00 e.